The second-order valence-corrected chi connectivity index (χ2v) is 6.34. The van der Waals surface area contributed by atoms with Crippen molar-refractivity contribution in [3.8, 4) is 0 Å². The zero-order valence-corrected chi connectivity index (χ0v) is 12.5. The molecule has 2 heterocycles. The van der Waals surface area contributed by atoms with Crippen LogP contribution in [0.2, 0.25) is 0 Å². The van der Waals surface area contributed by atoms with Crippen LogP contribution in [0.3, 0.4) is 0 Å². The summed E-state index contributed by atoms with van der Waals surface area (Å²) in [6.45, 7) is 9.02. The van der Waals surface area contributed by atoms with Gasteiger partial charge in [0.1, 0.15) is 5.82 Å². The van der Waals surface area contributed by atoms with Gasteiger partial charge in [-0.25, -0.2) is 4.98 Å². The van der Waals surface area contributed by atoms with Crippen LogP contribution in [0.5, 0.6) is 0 Å². The van der Waals surface area contributed by atoms with E-state index in [4.69, 9.17) is 5.73 Å². The van der Waals surface area contributed by atoms with Gasteiger partial charge in [-0.3, -0.25) is 4.79 Å². The fourth-order valence-corrected chi connectivity index (χ4v) is 2.26. The number of pyridine rings is 1. The molecule has 0 unspecified atom stereocenters. The standard InChI is InChI=1S/C15H24N4O/c1-15(2,3)13(16)14(20)19-10-8-18(9-11-19)12-6-4-5-7-17-12/h4-7,13H,8-11,16H2,1-3H3/t13-/m1/s1. The molecule has 0 saturated carbocycles. The Bertz CT molecular complexity index is 447. The number of carbonyl (C=O) groups excluding carboxylic acids is 1. The average Bonchev–Trinajstić information content (AvgIpc) is 2.46. The summed E-state index contributed by atoms with van der Waals surface area (Å²) < 4.78 is 0. The first-order valence-corrected chi connectivity index (χ1v) is 7.10. The molecule has 2 rings (SSSR count). The molecule has 1 aliphatic rings. The van der Waals surface area contributed by atoms with Crippen LogP contribution in [-0.2, 0) is 4.79 Å². The van der Waals surface area contributed by atoms with Crippen LogP contribution in [0.15, 0.2) is 24.4 Å². The lowest BCUT2D eigenvalue weighted by molar-refractivity contribution is -0.135. The van der Waals surface area contributed by atoms with Crippen LogP contribution in [0.4, 0.5) is 5.82 Å². The van der Waals surface area contributed by atoms with Gasteiger partial charge in [0.15, 0.2) is 0 Å². The third-order valence-electron chi connectivity index (χ3n) is 3.76. The lowest BCUT2D eigenvalue weighted by atomic mass is 9.86. The van der Waals surface area contributed by atoms with E-state index in [1.54, 1.807) is 6.20 Å². The Balaban J connectivity index is 1.93. The minimum Gasteiger partial charge on any atom is -0.353 e. The van der Waals surface area contributed by atoms with Crippen LogP contribution >= 0.6 is 0 Å². The van der Waals surface area contributed by atoms with Gasteiger partial charge in [-0.15, -0.1) is 0 Å². The van der Waals surface area contributed by atoms with Gasteiger partial charge in [0.2, 0.25) is 5.91 Å². The van der Waals surface area contributed by atoms with Crippen LogP contribution < -0.4 is 10.6 Å². The summed E-state index contributed by atoms with van der Waals surface area (Å²) in [4.78, 5) is 20.8. The summed E-state index contributed by atoms with van der Waals surface area (Å²) in [5, 5.41) is 0. The van der Waals surface area contributed by atoms with Crippen molar-refractivity contribution >= 4 is 11.7 Å². The Kier molecular flexibility index (Phi) is 4.28. The van der Waals surface area contributed by atoms with E-state index < -0.39 is 6.04 Å². The molecular formula is C15H24N4O. The first-order chi connectivity index (χ1) is 9.39. The number of amides is 1. The maximum absolute atomic E-state index is 12.4. The van der Waals surface area contributed by atoms with Crippen molar-refractivity contribution in [1.29, 1.82) is 0 Å². The van der Waals surface area contributed by atoms with Crippen molar-refractivity contribution < 1.29 is 4.79 Å². The molecule has 0 aromatic carbocycles. The van der Waals surface area contributed by atoms with Gasteiger partial charge in [-0.1, -0.05) is 26.8 Å². The Morgan fingerprint density at radius 2 is 1.90 bits per heavy atom. The maximum atomic E-state index is 12.4. The predicted octanol–water partition coefficient (Wildman–Crippen LogP) is 1.10. The third kappa shape index (κ3) is 3.28. The van der Waals surface area contributed by atoms with Gasteiger partial charge >= 0.3 is 0 Å². The quantitative estimate of drug-likeness (QED) is 0.879. The van der Waals surface area contributed by atoms with Gasteiger partial charge < -0.3 is 15.5 Å². The highest BCUT2D eigenvalue weighted by molar-refractivity contribution is 5.82. The molecule has 1 aromatic rings. The molecule has 1 fully saturated rings. The van der Waals surface area contributed by atoms with E-state index in [-0.39, 0.29) is 11.3 Å². The molecule has 110 valence electrons. The molecule has 1 aromatic heterocycles. The first-order valence-electron chi connectivity index (χ1n) is 7.10. The summed E-state index contributed by atoms with van der Waals surface area (Å²) in [7, 11) is 0. The van der Waals surface area contributed by atoms with Gasteiger partial charge in [0.25, 0.3) is 0 Å². The number of nitrogens with zero attached hydrogens (tertiary/aromatic N) is 3. The van der Waals surface area contributed by atoms with Gasteiger partial charge in [-0.2, -0.15) is 0 Å². The number of carbonyl (C=O) groups is 1. The summed E-state index contributed by atoms with van der Waals surface area (Å²) in [6.07, 6.45) is 1.79. The molecule has 0 bridgehead atoms. The molecule has 2 N–H and O–H groups in total. The summed E-state index contributed by atoms with van der Waals surface area (Å²) in [5.41, 5.74) is 5.85. The lowest BCUT2D eigenvalue weighted by Gasteiger charge is -2.38. The van der Waals surface area contributed by atoms with Gasteiger partial charge in [0.05, 0.1) is 6.04 Å². The monoisotopic (exact) mass is 276 g/mol. The minimum absolute atomic E-state index is 0.0539. The van der Waals surface area contributed by atoms with Crippen molar-refractivity contribution in [2.45, 2.75) is 26.8 Å². The molecule has 1 aliphatic heterocycles. The maximum Gasteiger partial charge on any atom is 0.240 e. The van der Waals surface area contributed by atoms with Gasteiger partial charge in [0, 0.05) is 32.4 Å². The number of anilines is 1. The molecule has 0 aliphatic carbocycles. The normalized spacial score (nSPS) is 18.0. The predicted molar refractivity (Wildman–Crippen MR) is 80.5 cm³/mol. The number of hydrogen-bond donors (Lipinski definition) is 1. The number of piperazine rings is 1. The zero-order valence-electron chi connectivity index (χ0n) is 12.5. The van der Waals surface area contributed by atoms with Crippen molar-refractivity contribution in [2.75, 3.05) is 31.1 Å². The van der Waals surface area contributed by atoms with E-state index in [1.807, 2.05) is 43.9 Å². The second kappa shape index (κ2) is 5.79. The highest BCUT2D eigenvalue weighted by Gasteiger charge is 2.32. The van der Waals surface area contributed by atoms with Crippen molar-refractivity contribution in [2.24, 2.45) is 11.1 Å². The lowest BCUT2D eigenvalue weighted by Crippen LogP contribution is -2.56. The van der Waals surface area contributed by atoms with Crippen molar-refractivity contribution in [3.63, 3.8) is 0 Å². The highest BCUT2D eigenvalue weighted by Crippen LogP contribution is 2.20. The molecule has 5 nitrogen and oxygen atoms in total. The van der Waals surface area contributed by atoms with E-state index in [9.17, 15) is 4.79 Å². The molecule has 5 heteroatoms. The summed E-state index contributed by atoms with van der Waals surface area (Å²) in [5.74, 6) is 1.03. The zero-order chi connectivity index (χ0) is 14.8. The van der Waals surface area contributed by atoms with Gasteiger partial charge in [-0.05, 0) is 17.5 Å². The van der Waals surface area contributed by atoms with E-state index >= 15 is 0 Å². The number of aromatic nitrogens is 1. The Hall–Kier alpha value is -1.62. The smallest absolute Gasteiger partial charge is 0.240 e. The molecule has 0 spiro atoms. The Morgan fingerprint density at radius 1 is 1.25 bits per heavy atom. The molecule has 1 amide bonds. The van der Waals surface area contributed by atoms with E-state index in [0.29, 0.717) is 13.1 Å². The van der Waals surface area contributed by atoms with Crippen molar-refractivity contribution in [1.82, 2.24) is 9.88 Å². The number of hydrogen-bond acceptors (Lipinski definition) is 4. The number of rotatable bonds is 2. The van der Waals surface area contributed by atoms with E-state index in [1.165, 1.54) is 0 Å². The van der Waals surface area contributed by atoms with Crippen LogP contribution in [0.25, 0.3) is 0 Å². The third-order valence-corrected chi connectivity index (χ3v) is 3.76. The van der Waals surface area contributed by atoms with Crippen LogP contribution in [0, 0.1) is 5.41 Å². The molecule has 20 heavy (non-hydrogen) atoms. The second-order valence-electron chi connectivity index (χ2n) is 6.34. The summed E-state index contributed by atoms with van der Waals surface area (Å²) >= 11 is 0. The average molecular weight is 276 g/mol. The first kappa shape index (κ1) is 14.8. The topological polar surface area (TPSA) is 62.5 Å². The minimum atomic E-state index is -0.441. The molecule has 1 saturated heterocycles. The van der Waals surface area contributed by atoms with E-state index in [0.717, 1.165) is 18.9 Å². The largest absolute Gasteiger partial charge is 0.353 e. The van der Waals surface area contributed by atoms with Crippen LogP contribution in [-0.4, -0.2) is 48.0 Å². The van der Waals surface area contributed by atoms with Crippen LogP contribution in [0.1, 0.15) is 20.8 Å². The Morgan fingerprint density at radius 3 is 2.40 bits per heavy atom. The van der Waals surface area contributed by atoms with Crippen molar-refractivity contribution in [3.05, 3.63) is 24.4 Å². The molecule has 0 radical (unpaired) electrons. The summed E-state index contributed by atoms with van der Waals surface area (Å²) in [6, 6.07) is 5.45. The number of nitrogens with two attached hydrogens (primary N) is 1. The molecule has 1 atom stereocenters. The highest BCUT2D eigenvalue weighted by atomic mass is 16.2. The fourth-order valence-electron chi connectivity index (χ4n) is 2.26. The Labute approximate surface area is 120 Å². The SMILES string of the molecule is CC(C)(C)[C@H](N)C(=O)N1CCN(c2ccccn2)CC1. The van der Waals surface area contributed by atoms with E-state index in [2.05, 4.69) is 9.88 Å². The fraction of sp³-hybridized carbons (Fsp3) is 0.600. The molecular weight excluding hydrogens is 252 g/mol.